The van der Waals surface area contributed by atoms with Gasteiger partial charge in [-0.2, -0.15) is 5.10 Å². The van der Waals surface area contributed by atoms with Crippen molar-refractivity contribution in [3.63, 3.8) is 0 Å². The lowest BCUT2D eigenvalue weighted by atomic mass is 10.0. The van der Waals surface area contributed by atoms with Crippen molar-refractivity contribution >= 4 is 22.6 Å². The monoisotopic (exact) mass is 544 g/mol. The SMILES string of the molecule is Cc1[nH]c(=O)[nH]c(=O)c1CNC(=O)c1cc(-c2ccc(N3CCN(C(C)C)CC3)nc2)cc2c1cnn2C(C)C. The standard InChI is InChI=1S/C29H36N8O3/c1-17(2)35-8-10-36(11-9-35)26-7-6-20(14-30-26)21-12-22(24-16-32-37(18(3)4)25(24)13-21)27(38)31-15-23-19(5)33-29(40)34-28(23)39/h6-7,12-14,16-18H,8-11,15H2,1-5H3,(H,31,38)(H2,33,34,39,40). The summed E-state index contributed by atoms with van der Waals surface area (Å²) < 4.78 is 1.89. The van der Waals surface area contributed by atoms with Crippen LogP contribution in [0.25, 0.3) is 22.0 Å². The predicted octanol–water partition coefficient (Wildman–Crippen LogP) is 2.82. The third kappa shape index (κ3) is 5.42. The van der Waals surface area contributed by atoms with Crippen LogP contribution >= 0.6 is 0 Å². The fourth-order valence-corrected chi connectivity index (χ4v) is 5.23. The molecule has 0 saturated carbocycles. The molecule has 11 heteroatoms. The van der Waals surface area contributed by atoms with Gasteiger partial charge < -0.3 is 15.2 Å². The zero-order valence-corrected chi connectivity index (χ0v) is 23.6. The Kier molecular flexibility index (Phi) is 7.57. The van der Waals surface area contributed by atoms with E-state index < -0.39 is 11.2 Å². The molecule has 0 atom stereocenters. The summed E-state index contributed by atoms with van der Waals surface area (Å²) in [6.45, 7) is 14.0. The molecule has 4 heterocycles. The number of benzene rings is 1. The Balaban J connectivity index is 1.44. The molecule has 1 amide bonds. The zero-order valence-electron chi connectivity index (χ0n) is 23.6. The van der Waals surface area contributed by atoms with Gasteiger partial charge in [0.15, 0.2) is 0 Å². The molecule has 3 N–H and O–H groups in total. The number of rotatable bonds is 7. The second-order valence-electron chi connectivity index (χ2n) is 10.9. The van der Waals surface area contributed by atoms with E-state index in [1.165, 1.54) is 0 Å². The topological polar surface area (TPSA) is 132 Å². The number of nitrogens with one attached hydrogen (secondary N) is 3. The molecule has 1 saturated heterocycles. The lowest BCUT2D eigenvalue weighted by Crippen LogP contribution is -2.49. The second kappa shape index (κ2) is 11.1. The Morgan fingerprint density at radius 1 is 0.975 bits per heavy atom. The maximum absolute atomic E-state index is 13.5. The van der Waals surface area contributed by atoms with Crippen LogP contribution in [0.3, 0.4) is 0 Å². The molecule has 5 rings (SSSR count). The molecular formula is C29H36N8O3. The van der Waals surface area contributed by atoms with Crippen LogP contribution < -0.4 is 21.5 Å². The van der Waals surface area contributed by atoms with Crippen molar-refractivity contribution in [2.24, 2.45) is 0 Å². The van der Waals surface area contributed by atoms with Crippen molar-refractivity contribution in [1.29, 1.82) is 0 Å². The van der Waals surface area contributed by atoms with Crippen molar-refractivity contribution in [2.75, 3.05) is 31.1 Å². The molecular weight excluding hydrogens is 508 g/mol. The molecule has 0 aliphatic carbocycles. The summed E-state index contributed by atoms with van der Waals surface area (Å²) in [7, 11) is 0. The third-order valence-electron chi connectivity index (χ3n) is 7.58. The van der Waals surface area contributed by atoms with Crippen molar-refractivity contribution in [3.8, 4) is 11.1 Å². The van der Waals surface area contributed by atoms with Gasteiger partial charge in [-0.1, -0.05) is 0 Å². The summed E-state index contributed by atoms with van der Waals surface area (Å²) in [4.78, 5) is 51.6. The fourth-order valence-electron chi connectivity index (χ4n) is 5.23. The highest BCUT2D eigenvalue weighted by Gasteiger charge is 2.21. The van der Waals surface area contributed by atoms with E-state index in [4.69, 9.17) is 4.98 Å². The van der Waals surface area contributed by atoms with E-state index in [2.05, 4.69) is 44.0 Å². The van der Waals surface area contributed by atoms with E-state index in [-0.39, 0.29) is 18.5 Å². The van der Waals surface area contributed by atoms with Crippen molar-refractivity contribution in [1.82, 2.24) is 34.9 Å². The minimum atomic E-state index is -0.578. The number of anilines is 1. The Labute approximate surface area is 232 Å². The van der Waals surface area contributed by atoms with Crippen LogP contribution in [0, 0.1) is 6.92 Å². The number of nitrogens with zero attached hydrogens (tertiary/aromatic N) is 5. The number of piperazine rings is 1. The summed E-state index contributed by atoms with van der Waals surface area (Å²) in [5.74, 6) is 0.604. The third-order valence-corrected chi connectivity index (χ3v) is 7.58. The number of aromatic amines is 2. The molecule has 210 valence electrons. The summed E-state index contributed by atoms with van der Waals surface area (Å²) in [5.41, 5.74) is 2.64. The van der Waals surface area contributed by atoms with Crippen molar-refractivity contribution < 1.29 is 4.79 Å². The van der Waals surface area contributed by atoms with Gasteiger partial charge in [-0.3, -0.25) is 24.2 Å². The van der Waals surface area contributed by atoms with E-state index in [9.17, 15) is 14.4 Å². The zero-order chi connectivity index (χ0) is 28.6. The van der Waals surface area contributed by atoms with Crippen LogP contribution in [0.15, 0.2) is 46.2 Å². The smallest absolute Gasteiger partial charge is 0.325 e. The normalized spacial score (nSPS) is 14.4. The number of aromatic nitrogens is 5. The first kappa shape index (κ1) is 27.3. The highest BCUT2D eigenvalue weighted by atomic mass is 16.2. The van der Waals surface area contributed by atoms with Gasteiger partial charge in [-0.15, -0.1) is 0 Å². The minimum absolute atomic E-state index is 0.0266. The molecule has 1 aliphatic rings. The van der Waals surface area contributed by atoms with E-state index in [1.54, 1.807) is 13.1 Å². The maximum atomic E-state index is 13.5. The van der Waals surface area contributed by atoms with E-state index >= 15 is 0 Å². The number of hydrogen-bond donors (Lipinski definition) is 3. The van der Waals surface area contributed by atoms with Crippen LogP contribution in [0.5, 0.6) is 0 Å². The average Bonchev–Trinajstić information content (AvgIpc) is 3.36. The first-order chi connectivity index (χ1) is 19.1. The largest absolute Gasteiger partial charge is 0.354 e. The molecule has 0 bridgehead atoms. The Bertz CT molecular complexity index is 1640. The van der Waals surface area contributed by atoms with Crippen LogP contribution in [0.2, 0.25) is 0 Å². The highest BCUT2D eigenvalue weighted by molar-refractivity contribution is 6.08. The van der Waals surface area contributed by atoms with Crippen LogP contribution in [-0.4, -0.2) is 67.8 Å². The summed E-state index contributed by atoms with van der Waals surface area (Å²) in [5, 5.41) is 8.10. The quantitative estimate of drug-likeness (QED) is 0.326. The summed E-state index contributed by atoms with van der Waals surface area (Å²) in [6.07, 6.45) is 3.55. The second-order valence-corrected chi connectivity index (χ2v) is 10.9. The number of hydrogen-bond acceptors (Lipinski definition) is 7. The number of carbonyl (C=O) groups excluding carboxylic acids is 1. The van der Waals surface area contributed by atoms with Gasteiger partial charge in [-0.05, 0) is 64.4 Å². The molecule has 0 spiro atoms. The molecule has 4 aromatic rings. The molecule has 0 radical (unpaired) electrons. The molecule has 40 heavy (non-hydrogen) atoms. The predicted molar refractivity (Wildman–Crippen MR) is 156 cm³/mol. The molecule has 3 aromatic heterocycles. The van der Waals surface area contributed by atoms with Gasteiger partial charge in [0.05, 0.1) is 29.4 Å². The fraction of sp³-hybridized carbons (Fsp3) is 0.414. The lowest BCUT2D eigenvalue weighted by molar-refractivity contribution is 0.0952. The van der Waals surface area contributed by atoms with Gasteiger partial charge in [0.1, 0.15) is 5.82 Å². The lowest BCUT2D eigenvalue weighted by Gasteiger charge is -2.37. The number of fused-ring (bicyclic) bond motifs is 1. The first-order valence-electron chi connectivity index (χ1n) is 13.7. The number of pyridine rings is 1. The van der Waals surface area contributed by atoms with Gasteiger partial charge in [0.2, 0.25) is 0 Å². The number of amides is 1. The summed E-state index contributed by atoms with van der Waals surface area (Å²) >= 11 is 0. The van der Waals surface area contributed by atoms with Gasteiger partial charge >= 0.3 is 5.69 Å². The van der Waals surface area contributed by atoms with E-state index in [0.29, 0.717) is 22.9 Å². The van der Waals surface area contributed by atoms with Crippen LogP contribution in [-0.2, 0) is 6.54 Å². The van der Waals surface area contributed by atoms with Crippen molar-refractivity contribution in [3.05, 3.63) is 74.3 Å². The van der Waals surface area contributed by atoms with Crippen LogP contribution in [0.1, 0.15) is 55.4 Å². The number of aryl methyl sites for hydroxylation is 1. The van der Waals surface area contributed by atoms with E-state index in [1.807, 2.05) is 49.0 Å². The highest BCUT2D eigenvalue weighted by Crippen LogP contribution is 2.30. The molecule has 1 aliphatic heterocycles. The van der Waals surface area contributed by atoms with Crippen LogP contribution in [0.4, 0.5) is 5.82 Å². The first-order valence-corrected chi connectivity index (χ1v) is 13.7. The van der Waals surface area contributed by atoms with Gasteiger partial charge in [-0.25, -0.2) is 9.78 Å². The van der Waals surface area contributed by atoms with E-state index in [0.717, 1.165) is 54.0 Å². The number of H-pyrrole nitrogens is 2. The number of carbonyl (C=O) groups is 1. The molecule has 1 aromatic carbocycles. The molecule has 11 nitrogen and oxygen atoms in total. The average molecular weight is 545 g/mol. The molecule has 0 unspecified atom stereocenters. The minimum Gasteiger partial charge on any atom is -0.354 e. The van der Waals surface area contributed by atoms with Gasteiger partial charge in [0.25, 0.3) is 11.5 Å². The Morgan fingerprint density at radius 3 is 2.35 bits per heavy atom. The Hall–Kier alpha value is -4.25. The maximum Gasteiger partial charge on any atom is 0.325 e. The van der Waals surface area contributed by atoms with Gasteiger partial charge in [0, 0.05) is 61.1 Å². The summed E-state index contributed by atoms with van der Waals surface area (Å²) in [6, 6.07) is 8.59. The Morgan fingerprint density at radius 2 is 1.73 bits per heavy atom. The van der Waals surface area contributed by atoms with Crippen molar-refractivity contribution in [2.45, 2.75) is 53.2 Å². The molecule has 1 fully saturated rings.